The number of carboxylic acid groups (broad SMARTS) is 1. The number of likely N-dealkylation sites (tertiary alicyclic amines) is 1. The highest BCUT2D eigenvalue weighted by Crippen LogP contribution is 2.08. The minimum absolute atomic E-state index is 0.174. The van der Waals surface area contributed by atoms with Crippen molar-refractivity contribution in [2.24, 2.45) is 0 Å². The Kier molecular flexibility index (Phi) is 3.54. The van der Waals surface area contributed by atoms with Gasteiger partial charge in [0.25, 0.3) is 0 Å². The molecule has 13 heavy (non-hydrogen) atoms. The van der Waals surface area contributed by atoms with Crippen LogP contribution >= 0.6 is 0 Å². The van der Waals surface area contributed by atoms with Crippen molar-refractivity contribution < 1.29 is 14.7 Å². The van der Waals surface area contributed by atoms with Crippen LogP contribution in [0, 0.1) is 0 Å². The summed E-state index contributed by atoms with van der Waals surface area (Å²) in [6.45, 7) is 1.80. The van der Waals surface area contributed by atoms with Gasteiger partial charge in [-0.2, -0.15) is 0 Å². The van der Waals surface area contributed by atoms with Crippen LogP contribution in [0.2, 0.25) is 0 Å². The Balaban J connectivity index is 2.05. The van der Waals surface area contributed by atoms with Gasteiger partial charge in [0.1, 0.15) is 6.09 Å². The first-order valence-electron chi connectivity index (χ1n) is 4.43. The number of carbonyl (C=O) groups is 2. The van der Waals surface area contributed by atoms with E-state index in [-0.39, 0.29) is 5.91 Å². The van der Waals surface area contributed by atoms with Crippen LogP contribution in [-0.2, 0) is 4.79 Å². The van der Waals surface area contributed by atoms with Crippen molar-refractivity contribution in [3.63, 3.8) is 0 Å². The second-order valence-electron chi connectivity index (χ2n) is 3.05. The van der Waals surface area contributed by atoms with E-state index in [1.807, 2.05) is 0 Å². The zero-order chi connectivity index (χ0) is 9.68. The molecule has 1 heterocycles. The highest BCUT2D eigenvalue weighted by atomic mass is 16.4. The Bertz CT molecular complexity index is 206. The van der Waals surface area contributed by atoms with E-state index in [9.17, 15) is 14.7 Å². The molecule has 0 radical (unpaired) electrons. The summed E-state index contributed by atoms with van der Waals surface area (Å²) in [6.07, 6.45) is 0.952. The zero-order valence-electron chi connectivity index (χ0n) is 7.41. The van der Waals surface area contributed by atoms with Gasteiger partial charge in [-0.25, -0.2) is 0 Å². The number of hydrogen-bond acceptors (Lipinski definition) is 3. The van der Waals surface area contributed by atoms with Crippen molar-refractivity contribution in [3.05, 3.63) is 0 Å². The van der Waals surface area contributed by atoms with Gasteiger partial charge in [-0.1, -0.05) is 0 Å². The van der Waals surface area contributed by atoms with E-state index in [2.05, 4.69) is 5.32 Å². The van der Waals surface area contributed by atoms with E-state index in [4.69, 9.17) is 0 Å². The van der Waals surface area contributed by atoms with Crippen LogP contribution in [0.15, 0.2) is 0 Å². The second kappa shape index (κ2) is 4.69. The third-order valence-electron chi connectivity index (χ3n) is 2.05. The van der Waals surface area contributed by atoms with Crippen LogP contribution in [0.25, 0.3) is 0 Å². The summed E-state index contributed by atoms with van der Waals surface area (Å²) in [5, 5.41) is 12.1. The third kappa shape index (κ3) is 3.31. The molecule has 5 nitrogen and oxygen atoms in total. The Hall–Kier alpha value is -1.26. The highest BCUT2D eigenvalue weighted by molar-refractivity contribution is 5.78. The molecule has 0 aromatic heterocycles. The molecule has 0 aliphatic carbocycles. The molecule has 1 fully saturated rings. The molecule has 1 saturated heterocycles. The van der Waals surface area contributed by atoms with Gasteiger partial charge < -0.3 is 20.1 Å². The zero-order valence-corrected chi connectivity index (χ0v) is 7.41. The summed E-state index contributed by atoms with van der Waals surface area (Å²) in [7, 11) is 0. The third-order valence-corrected chi connectivity index (χ3v) is 2.05. The van der Waals surface area contributed by atoms with Crippen molar-refractivity contribution in [2.75, 3.05) is 19.6 Å². The SMILES string of the molecule is O=C([O-])NCCCN1CCCC1=O. The number of carbonyl (C=O) groups excluding carboxylic acids is 2. The molecule has 1 rings (SSSR count). The highest BCUT2D eigenvalue weighted by Gasteiger charge is 2.18. The van der Waals surface area contributed by atoms with E-state index >= 15 is 0 Å². The minimum atomic E-state index is -1.26. The molecule has 2 amide bonds. The number of rotatable bonds is 4. The van der Waals surface area contributed by atoms with Crippen molar-refractivity contribution in [3.8, 4) is 0 Å². The first kappa shape index (κ1) is 9.83. The average molecular weight is 185 g/mol. The Morgan fingerprint density at radius 3 is 2.92 bits per heavy atom. The standard InChI is InChI=1S/C8H14N2O3/c11-7-3-1-5-10(7)6-2-4-9-8(12)13/h9H,1-6H2,(H,12,13)/p-1. The lowest BCUT2D eigenvalue weighted by Crippen LogP contribution is -2.38. The maximum atomic E-state index is 11.1. The van der Waals surface area contributed by atoms with E-state index in [1.54, 1.807) is 4.90 Å². The molecular weight excluding hydrogens is 172 g/mol. The molecule has 0 atom stereocenters. The molecule has 0 aromatic rings. The van der Waals surface area contributed by atoms with Gasteiger partial charge in [0.05, 0.1) is 0 Å². The lowest BCUT2D eigenvalue weighted by molar-refractivity contribution is -0.250. The monoisotopic (exact) mass is 185 g/mol. The van der Waals surface area contributed by atoms with Crippen LogP contribution < -0.4 is 10.4 Å². The van der Waals surface area contributed by atoms with Crippen molar-refractivity contribution in [1.29, 1.82) is 0 Å². The largest absolute Gasteiger partial charge is 0.530 e. The molecule has 1 aliphatic heterocycles. The Morgan fingerprint density at radius 1 is 1.62 bits per heavy atom. The van der Waals surface area contributed by atoms with E-state index in [1.165, 1.54) is 0 Å². The predicted molar refractivity (Wildman–Crippen MR) is 43.8 cm³/mol. The molecule has 5 heteroatoms. The van der Waals surface area contributed by atoms with E-state index in [0.29, 0.717) is 25.9 Å². The van der Waals surface area contributed by atoms with Gasteiger partial charge >= 0.3 is 0 Å². The van der Waals surface area contributed by atoms with Gasteiger partial charge in [-0.15, -0.1) is 0 Å². The van der Waals surface area contributed by atoms with Crippen LogP contribution in [0.4, 0.5) is 4.79 Å². The van der Waals surface area contributed by atoms with E-state index in [0.717, 1.165) is 13.0 Å². The number of amides is 2. The molecule has 0 unspecified atom stereocenters. The lowest BCUT2D eigenvalue weighted by atomic mass is 10.4. The normalized spacial score (nSPS) is 16.3. The summed E-state index contributed by atoms with van der Waals surface area (Å²) < 4.78 is 0. The van der Waals surface area contributed by atoms with Gasteiger partial charge in [0.15, 0.2) is 0 Å². The molecule has 74 valence electrons. The number of nitrogens with zero attached hydrogens (tertiary/aromatic N) is 1. The van der Waals surface area contributed by atoms with Crippen LogP contribution in [0.5, 0.6) is 0 Å². The topological polar surface area (TPSA) is 72.5 Å². The summed E-state index contributed by atoms with van der Waals surface area (Å²) in [6, 6.07) is 0. The first-order chi connectivity index (χ1) is 6.20. The van der Waals surface area contributed by atoms with Crippen LogP contribution in [-0.4, -0.2) is 36.5 Å². The summed E-state index contributed by atoms with van der Waals surface area (Å²) in [5.74, 6) is 0.174. The predicted octanol–water partition coefficient (Wildman–Crippen LogP) is -1.07. The quantitative estimate of drug-likeness (QED) is 0.567. The minimum Gasteiger partial charge on any atom is -0.530 e. The number of nitrogens with one attached hydrogen (secondary N) is 1. The fraction of sp³-hybridized carbons (Fsp3) is 0.750. The molecule has 0 spiro atoms. The van der Waals surface area contributed by atoms with Crippen molar-refractivity contribution in [1.82, 2.24) is 10.2 Å². The van der Waals surface area contributed by atoms with Crippen LogP contribution in [0.3, 0.4) is 0 Å². The summed E-state index contributed by atoms with van der Waals surface area (Å²) >= 11 is 0. The van der Waals surface area contributed by atoms with E-state index < -0.39 is 6.09 Å². The summed E-state index contributed by atoms with van der Waals surface area (Å²) in [5.41, 5.74) is 0. The van der Waals surface area contributed by atoms with Gasteiger partial charge in [-0.05, 0) is 12.8 Å². The molecule has 0 bridgehead atoms. The summed E-state index contributed by atoms with van der Waals surface area (Å²) in [4.78, 5) is 22.8. The maximum Gasteiger partial charge on any atom is 0.222 e. The van der Waals surface area contributed by atoms with Gasteiger partial charge in [-0.3, -0.25) is 4.79 Å². The molecular formula is C8H13N2O3-. The van der Waals surface area contributed by atoms with Crippen LogP contribution in [0.1, 0.15) is 19.3 Å². The average Bonchev–Trinajstić information content (AvgIpc) is 2.45. The first-order valence-corrected chi connectivity index (χ1v) is 4.43. The number of hydrogen-bond donors (Lipinski definition) is 1. The van der Waals surface area contributed by atoms with Crippen molar-refractivity contribution >= 4 is 12.0 Å². The smallest absolute Gasteiger partial charge is 0.222 e. The van der Waals surface area contributed by atoms with Gasteiger partial charge in [0, 0.05) is 26.1 Å². The lowest BCUT2D eigenvalue weighted by Gasteiger charge is -2.15. The van der Waals surface area contributed by atoms with Gasteiger partial charge in [0.2, 0.25) is 5.91 Å². The molecule has 1 N–H and O–H groups in total. The fourth-order valence-corrected chi connectivity index (χ4v) is 1.40. The maximum absolute atomic E-state index is 11.1. The Morgan fingerprint density at radius 2 is 2.38 bits per heavy atom. The Labute approximate surface area is 76.7 Å². The van der Waals surface area contributed by atoms with Crippen molar-refractivity contribution in [2.45, 2.75) is 19.3 Å². The molecule has 0 saturated carbocycles. The molecule has 1 aliphatic rings. The molecule has 0 aromatic carbocycles. The fourth-order valence-electron chi connectivity index (χ4n) is 1.40. The second-order valence-corrected chi connectivity index (χ2v) is 3.05.